The third-order valence-electron chi connectivity index (χ3n) is 3.70. The summed E-state index contributed by atoms with van der Waals surface area (Å²) in [4.78, 5) is 12.8. The van der Waals surface area contributed by atoms with Crippen molar-refractivity contribution in [1.82, 2.24) is 5.32 Å². The molecule has 0 saturated heterocycles. The van der Waals surface area contributed by atoms with E-state index >= 15 is 0 Å². The highest BCUT2D eigenvalue weighted by atomic mass is 32.1. The van der Waals surface area contributed by atoms with Crippen molar-refractivity contribution in [1.29, 1.82) is 0 Å². The Morgan fingerprint density at radius 2 is 1.89 bits per heavy atom. The third-order valence-corrected chi connectivity index (χ3v) is 4.09. The molecule has 0 atom stereocenters. The van der Waals surface area contributed by atoms with E-state index in [1.54, 1.807) is 0 Å². The van der Waals surface area contributed by atoms with Crippen LogP contribution in [0, 0.1) is 5.41 Å². The van der Waals surface area contributed by atoms with Crippen LogP contribution in [0.5, 0.6) is 0 Å². The largest absolute Gasteiger partial charge is 0.392 e. The normalized spacial score (nSPS) is 18.9. The fourth-order valence-corrected chi connectivity index (χ4v) is 2.84. The number of rotatable bonds is 6. The van der Waals surface area contributed by atoms with Crippen LogP contribution >= 0.6 is 12.2 Å². The lowest BCUT2D eigenvalue weighted by atomic mass is 9.79. The molecule has 0 aliphatic heterocycles. The minimum Gasteiger partial charge on any atom is -0.392 e. The second-order valence-corrected chi connectivity index (χ2v) is 5.98. The molecule has 0 aromatic carbocycles. The molecule has 4 nitrogen and oxygen atoms in total. The summed E-state index contributed by atoms with van der Waals surface area (Å²) in [6, 6.07) is 0. The van der Waals surface area contributed by atoms with E-state index in [2.05, 4.69) is 5.32 Å². The van der Waals surface area contributed by atoms with Crippen LogP contribution in [0.25, 0.3) is 0 Å². The van der Waals surface area contributed by atoms with E-state index in [4.69, 9.17) is 22.7 Å². The summed E-state index contributed by atoms with van der Waals surface area (Å²) in [5, 5.41) is 2.93. The van der Waals surface area contributed by atoms with Gasteiger partial charge in [-0.25, -0.2) is 0 Å². The zero-order valence-electron chi connectivity index (χ0n) is 12.0. The maximum atomic E-state index is 12.4. The molecular weight excluding hydrogens is 260 g/mol. The third kappa shape index (κ3) is 4.73. The molecule has 0 unspecified atom stereocenters. The number of nitrogens with one attached hydrogen (secondary N) is 1. The van der Waals surface area contributed by atoms with Crippen LogP contribution < -0.4 is 11.1 Å². The van der Waals surface area contributed by atoms with Gasteiger partial charge >= 0.3 is 0 Å². The highest BCUT2D eigenvalue weighted by Crippen LogP contribution is 2.35. The molecule has 1 saturated carbocycles. The van der Waals surface area contributed by atoms with Gasteiger partial charge in [0.25, 0.3) is 0 Å². The smallest absolute Gasteiger partial charge is 0.233 e. The number of ether oxygens (including phenoxy) is 1. The molecular formula is C14H26N2O2S. The second kappa shape index (κ2) is 7.80. The Balaban J connectivity index is 2.55. The minimum atomic E-state index is -0.635. The fourth-order valence-electron chi connectivity index (χ4n) is 2.55. The second-order valence-electron chi connectivity index (χ2n) is 5.54. The Morgan fingerprint density at radius 3 is 2.37 bits per heavy atom. The van der Waals surface area contributed by atoms with E-state index in [1.807, 2.05) is 13.8 Å². The van der Waals surface area contributed by atoms with Crippen LogP contribution in [0.4, 0.5) is 0 Å². The van der Waals surface area contributed by atoms with E-state index in [1.165, 1.54) is 0 Å². The molecule has 1 amide bonds. The number of amides is 1. The summed E-state index contributed by atoms with van der Waals surface area (Å²) in [5.74, 6) is -0.0192. The predicted molar refractivity (Wildman–Crippen MR) is 81.0 cm³/mol. The fraction of sp³-hybridized carbons (Fsp3) is 0.857. The van der Waals surface area contributed by atoms with Crippen LogP contribution in [-0.4, -0.2) is 30.2 Å². The maximum absolute atomic E-state index is 12.4. The maximum Gasteiger partial charge on any atom is 0.233 e. The summed E-state index contributed by atoms with van der Waals surface area (Å²) in [6.45, 7) is 4.99. The quantitative estimate of drug-likeness (QED) is 0.446. The summed E-state index contributed by atoms with van der Waals surface area (Å²) in [5.41, 5.74) is 5.23. The van der Waals surface area contributed by atoms with Crippen molar-refractivity contribution in [2.75, 3.05) is 13.2 Å². The van der Waals surface area contributed by atoms with Crippen molar-refractivity contribution in [3.63, 3.8) is 0 Å². The molecule has 1 aliphatic rings. The predicted octanol–water partition coefficient (Wildman–Crippen LogP) is 2.15. The summed E-state index contributed by atoms with van der Waals surface area (Å²) in [7, 11) is 0. The highest BCUT2D eigenvalue weighted by Gasteiger charge is 2.41. The summed E-state index contributed by atoms with van der Waals surface area (Å²) >= 11 is 5.17. The highest BCUT2D eigenvalue weighted by molar-refractivity contribution is 7.80. The Bertz CT molecular complexity index is 311. The molecule has 0 spiro atoms. The van der Waals surface area contributed by atoms with Crippen molar-refractivity contribution >= 4 is 23.1 Å². The van der Waals surface area contributed by atoms with E-state index < -0.39 is 5.41 Å². The average Bonchev–Trinajstić information content (AvgIpc) is 2.60. The number of carbonyl (C=O) groups excluding carboxylic acids is 1. The molecule has 0 aromatic heterocycles. The van der Waals surface area contributed by atoms with Gasteiger partial charge in [-0.2, -0.15) is 0 Å². The average molecular weight is 286 g/mol. The summed E-state index contributed by atoms with van der Waals surface area (Å²) in [6.07, 6.45) is 6.10. The van der Waals surface area contributed by atoms with Gasteiger partial charge in [-0.15, -0.1) is 0 Å². The number of hydrogen-bond donors (Lipinski definition) is 2. The van der Waals surface area contributed by atoms with Gasteiger partial charge < -0.3 is 15.8 Å². The van der Waals surface area contributed by atoms with Gasteiger partial charge in [0.15, 0.2) is 0 Å². The topological polar surface area (TPSA) is 64.3 Å². The summed E-state index contributed by atoms with van der Waals surface area (Å²) < 4.78 is 5.42. The van der Waals surface area contributed by atoms with E-state index in [-0.39, 0.29) is 12.0 Å². The lowest BCUT2D eigenvalue weighted by Gasteiger charge is -2.30. The SMILES string of the molecule is CC(C)OCCNC(=O)C1(C(N)=S)CCCCCC1. The molecule has 19 heavy (non-hydrogen) atoms. The molecule has 1 aliphatic carbocycles. The van der Waals surface area contributed by atoms with Gasteiger partial charge in [0.2, 0.25) is 5.91 Å². The Labute approximate surface area is 121 Å². The van der Waals surface area contributed by atoms with Crippen molar-refractivity contribution in [2.45, 2.75) is 58.5 Å². The number of carbonyl (C=O) groups is 1. The van der Waals surface area contributed by atoms with Crippen LogP contribution in [-0.2, 0) is 9.53 Å². The Hall–Kier alpha value is -0.680. The lowest BCUT2D eigenvalue weighted by molar-refractivity contribution is -0.128. The van der Waals surface area contributed by atoms with Crippen molar-refractivity contribution in [2.24, 2.45) is 11.1 Å². The first-order valence-corrected chi connectivity index (χ1v) is 7.59. The van der Waals surface area contributed by atoms with Crippen molar-refractivity contribution in [3.8, 4) is 0 Å². The molecule has 1 fully saturated rings. The first-order valence-electron chi connectivity index (χ1n) is 7.19. The minimum absolute atomic E-state index is 0.0192. The van der Waals surface area contributed by atoms with Gasteiger partial charge in [-0.1, -0.05) is 37.9 Å². The van der Waals surface area contributed by atoms with Gasteiger partial charge in [-0.05, 0) is 26.7 Å². The lowest BCUT2D eigenvalue weighted by Crippen LogP contribution is -2.49. The van der Waals surface area contributed by atoms with E-state index in [0.717, 1.165) is 38.5 Å². The molecule has 3 N–H and O–H groups in total. The van der Waals surface area contributed by atoms with Crippen LogP contribution in [0.1, 0.15) is 52.4 Å². The van der Waals surface area contributed by atoms with Crippen LogP contribution in [0.15, 0.2) is 0 Å². The molecule has 0 aromatic rings. The zero-order chi connectivity index (χ0) is 14.3. The van der Waals surface area contributed by atoms with E-state index in [0.29, 0.717) is 18.1 Å². The van der Waals surface area contributed by atoms with Gasteiger partial charge in [0, 0.05) is 6.54 Å². The van der Waals surface area contributed by atoms with Crippen LogP contribution in [0.2, 0.25) is 0 Å². The number of hydrogen-bond acceptors (Lipinski definition) is 3. The van der Waals surface area contributed by atoms with Crippen molar-refractivity contribution < 1.29 is 9.53 Å². The molecule has 110 valence electrons. The first-order chi connectivity index (χ1) is 8.99. The first kappa shape index (κ1) is 16.4. The standard InChI is InChI=1S/C14H26N2O2S/c1-11(2)18-10-9-16-13(17)14(12(15)19)7-5-3-4-6-8-14/h11H,3-10H2,1-2H3,(H2,15,19)(H,16,17). The van der Waals surface area contributed by atoms with Crippen molar-refractivity contribution in [3.05, 3.63) is 0 Å². The number of thiocarbonyl (C=S) groups is 1. The molecule has 0 radical (unpaired) electrons. The van der Waals surface area contributed by atoms with Gasteiger partial charge in [0.1, 0.15) is 0 Å². The Morgan fingerprint density at radius 1 is 1.32 bits per heavy atom. The van der Waals surface area contributed by atoms with E-state index in [9.17, 15) is 4.79 Å². The molecule has 1 rings (SSSR count). The van der Waals surface area contributed by atoms with Gasteiger partial charge in [0.05, 0.1) is 23.1 Å². The molecule has 0 bridgehead atoms. The monoisotopic (exact) mass is 286 g/mol. The zero-order valence-corrected chi connectivity index (χ0v) is 12.9. The van der Waals surface area contributed by atoms with Crippen LogP contribution in [0.3, 0.4) is 0 Å². The number of nitrogens with two attached hydrogens (primary N) is 1. The molecule has 0 heterocycles. The Kier molecular flexibility index (Phi) is 6.72. The molecule has 5 heteroatoms. The van der Waals surface area contributed by atoms with Gasteiger partial charge in [-0.3, -0.25) is 4.79 Å².